The van der Waals surface area contributed by atoms with E-state index in [0.717, 1.165) is 0 Å². The monoisotopic (exact) mass is 272 g/mol. The van der Waals surface area contributed by atoms with E-state index in [4.69, 9.17) is 8.92 Å². The summed E-state index contributed by atoms with van der Waals surface area (Å²) in [5.74, 6) is 8.35. The van der Waals surface area contributed by atoms with E-state index in [-0.39, 0.29) is 0 Å². The van der Waals surface area contributed by atoms with Crippen LogP contribution < -0.4 is 0 Å². The van der Waals surface area contributed by atoms with Crippen molar-refractivity contribution in [1.82, 2.24) is 0 Å². The third-order valence-electron chi connectivity index (χ3n) is 0.892. The van der Waals surface area contributed by atoms with E-state index >= 15 is 0 Å². The molecule has 0 saturated carbocycles. The van der Waals surface area contributed by atoms with E-state index in [1.807, 2.05) is 0 Å². The molecular weight excluding hydrogens is 262 g/mol. The first-order valence-corrected chi connectivity index (χ1v) is 11.1. The second kappa shape index (κ2) is 5.42. The first-order chi connectivity index (χ1) is 5.18. The van der Waals surface area contributed by atoms with E-state index < -0.39 is 17.3 Å². The Balaban J connectivity index is 4.81. The Morgan fingerprint density at radius 3 is 1.27 bits per heavy atom. The molecule has 0 heterocycles. The summed E-state index contributed by atoms with van der Waals surface area (Å²) in [6, 6.07) is 0. The molecule has 0 aliphatic heterocycles. The van der Waals surface area contributed by atoms with Gasteiger partial charge >= 0.3 is 76.5 Å². The summed E-state index contributed by atoms with van der Waals surface area (Å²) in [7, 11) is 6.13. The van der Waals surface area contributed by atoms with Gasteiger partial charge in [0.25, 0.3) is 0 Å². The van der Waals surface area contributed by atoms with E-state index in [1.165, 1.54) is 0 Å². The molecule has 56 valence electrons. The van der Waals surface area contributed by atoms with Crippen molar-refractivity contribution in [3.8, 4) is 29.6 Å². The number of hydrogen-bond donors (Lipinski definition) is 0. The molecule has 0 nitrogen and oxygen atoms in total. The Bertz CT molecular complexity index is 247. The van der Waals surface area contributed by atoms with Crippen molar-refractivity contribution >= 4 is 26.2 Å². The van der Waals surface area contributed by atoms with Crippen molar-refractivity contribution < 1.29 is 0 Å². The fourth-order valence-corrected chi connectivity index (χ4v) is 6.00. The number of halogens is 1. The van der Waals surface area contributed by atoms with Crippen molar-refractivity contribution in [1.29, 1.82) is 0 Å². The minimum absolute atomic E-state index is 1.77. The van der Waals surface area contributed by atoms with Crippen LogP contribution in [0, 0.1) is 29.6 Å². The summed E-state index contributed by atoms with van der Waals surface area (Å²) in [6.45, 7) is 5.30. The van der Waals surface area contributed by atoms with Crippen LogP contribution in [0.1, 0.15) is 20.8 Å². The molecule has 0 aromatic rings. The zero-order valence-corrected chi connectivity index (χ0v) is 10.5. The summed E-state index contributed by atoms with van der Waals surface area (Å²) in [5, 5.41) is 0. The molecule has 0 fully saturated rings. The Morgan fingerprint density at radius 2 is 1.09 bits per heavy atom. The molecule has 0 aliphatic carbocycles. The second-order valence-corrected chi connectivity index (χ2v) is 11.5. The van der Waals surface area contributed by atoms with Crippen molar-refractivity contribution in [2.24, 2.45) is 0 Å². The molecule has 0 aromatic heterocycles. The van der Waals surface area contributed by atoms with Gasteiger partial charge in [-0.25, -0.2) is 0 Å². The Labute approximate surface area is 76.3 Å². The van der Waals surface area contributed by atoms with Crippen LogP contribution in [0.15, 0.2) is 0 Å². The fraction of sp³-hybridized carbons (Fsp3) is 0.333. The van der Waals surface area contributed by atoms with E-state index in [2.05, 4.69) is 29.6 Å². The van der Waals surface area contributed by atoms with Gasteiger partial charge in [-0.1, -0.05) is 0 Å². The van der Waals surface area contributed by atoms with E-state index in [1.54, 1.807) is 20.8 Å². The second-order valence-electron chi connectivity index (χ2n) is 1.78. The Hall–Kier alpha value is -0.231. The van der Waals surface area contributed by atoms with Gasteiger partial charge in [0.1, 0.15) is 0 Å². The topological polar surface area (TPSA) is 0 Å². The standard InChI is InChI=1S/3C3H3.ClH.Sn/c3*1-3-2;;/h3*1H3;1H;/q;;;;+1/p-1. The van der Waals surface area contributed by atoms with Crippen LogP contribution >= 0.6 is 8.92 Å². The molecular formula is C9H9ClSn. The molecule has 0 unspecified atom stereocenters. The molecule has 0 bridgehead atoms. The first-order valence-electron chi connectivity index (χ1n) is 3.19. The zero-order chi connectivity index (χ0) is 8.74. The van der Waals surface area contributed by atoms with Crippen LogP contribution in [0.2, 0.25) is 0 Å². The zero-order valence-electron chi connectivity index (χ0n) is 6.88. The predicted octanol–water partition coefficient (Wildman–Crippen LogP) is 1.86. The van der Waals surface area contributed by atoms with Crippen molar-refractivity contribution in [2.45, 2.75) is 20.8 Å². The summed E-state index contributed by atoms with van der Waals surface area (Å²) < 4.78 is 8.82. The molecule has 0 N–H and O–H groups in total. The van der Waals surface area contributed by atoms with Gasteiger partial charge in [-0.15, -0.1) is 0 Å². The summed E-state index contributed by atoms with van der Waals surface area (Å²) in [4.78, 5) is 0. The van der Waals surface area contributed by atoms with Crippen molar-refractivity contribution in [3.63, 3.8) is 0 Å². The van der Waals surface area contributed by atoms with Gasteiger partial charge < -0.3 is 0 Å². The maximum absolute atomic E-state index is 6.13. The third-order valence-corrected chi connectivity index (χ3v) is 7.88. The summed E-state index contributed by atoms with van der Waals surface area (Å²) in [6.07, 6.45) is 0. The third kappa shape index (κ3) is 4.26. The molecule has 2 heteroatoms. The number of hydrogen-bond acceptors (Lipinski definition) is 0. The van der Waals surface area contributed by atoms with Gasteiger partial charge in [-0.2, -0.15) is 0 Å². The molecule has 0 radical (unpaired) electrons. The van der Waals surface area contributed by atoms with Crippen LogP contribution in [0.5, 0.6) is 0 Å². The molecule has 0 atom stereocenters. The average Bonchev–Trinajstić information content (AvgIpc) is 1.88. The fourth-order valence-electron chi connectivity index (χ4n) is 0.610. The van der Waals surface area contributed by atoms with Crippen LogP contribution in [-0.2, 0) is 0 Å². The summed E-state index contributed by atoms with van der Waals surface area (Å²) >= 11 is -3.08. The molecule has 0 aliphatic rings. The minimum atomic E-state index is -3.08. The molecule has 0 aromatic carbocycles. The van der Waals surface area contributed by atoms with Gasteiger partial charge in [0, 0.05) is 0 Å². The molecule has 11 heavy (non-hydrogen) atoms. The van der Waals surface area contributed by atoms with Crippen molar-refractivity contribution in [2.75, 3.05) is 0 Å². The number of rotatable bonds is 0. The molecule has 0 spiro atoms. The van der Waals surface area contributed by atoms with E-state index in [9.17, 15) is 0 Å². The SMILES string of the molecule is CC#[C][Sn]([Cl])([C]#CC)[C]#CC. The molecule has 0 saturated heterocycles. The Kier molecular flexibility index (Phi) is 5.31. The quantitative estimate of drug-likeness (QED) is 0.466. The van der Waals surface area contributed by atoms with Gasteiger partial charge in [0.05, 0.1) is 0 Å². The van der Waals surface area contributed by atoms with Gasteiger partial charge in [-0.3, -0.25) is 0 Å². The van der Waals surface area contributed by atoms with Crippen LogP contribution in [0.4, 0.5) is 0 Å². The van der Waals surface area contributed by atoms with Crippen LogP contribution in [0.3, 0.4) is 0 Å². The first kappa shape index (κ1) is 10.8. The molecule has 0 rings (SSSR count). The normalized spacial score (nSPS) is 7.64. The van der Waals surface area contributed by atoms with Crippen LogP contribution in [-0.4, -0.2) is 17.3 Å². The maximum atomic E-state index is 6.13. The van der Waals surface area contributed by atoms with E-state index in [0.29, 0.717) is 0 Å². The van der Waals surface area contributed by atoms with Gasteiger partial charge in [-0.05, 0) is 0 Å². The molecule has 0 amide bonds. The Morgan fingerprint density at radius 1 is 0.818 bits per heavy atom. The average molecular weight is 271 g/mol. The van der Waals surface area contributed by atoms with Crippen LogP contribution in [0.25, 0.3) is 0 Å². The van der Waals surface area contributed by atoms with Gasteiger partial charge in [0.15, 0.2) is 0 Å². The predicted molar refractivity (Wildman–Crippen MR) is 52.0 cm³/mol. The summed E-state index contributed by atoms with van der Waals surface area (Å²) in [5.41, 5.74) is 0. The van der Waals surface area contributed by atoms with Gasteiger partial charge in [0.2, 0.25) is 0 Å². The van der Waals surface area contributed by atoms with Crippen molar-refractivity contribution in [3.05, 3.63) is 0 Å².